The summed E-state index contributed by atoms with van der Waals surface area (Å²) < 4.78 is 6.74. The lowest BCUT2D eigenvalue weighted by atomic mass is 9.41. The molecule has 0 amide bonds. The third-order valence-corrected chi connectivity index (χ3v) is 17.7. The van der Waals surface area contributed by atoms with Gasteiger partial charge in [-0.1, -0.05) is 40.0 Å². The van der Waals surface area contributed by atoms with Crippen LogP contribution in [0, 0.1) is 58.2 Å². The predicted molar refractivity (Wildman–Crippen MR) is 199 cm³/mol. The highest BCUT2D eigenvalue weighted by Crippen LogP contribution is 2.74. The summed E-state index contributed by atoms with van der Waals surface area (Å²) in [5, 5.41) is 64.1. The molecule has 18 atom stereocenters. The van der Waals surface area contributed by atoms with Crippen LogP contribution >= 0.6 is 0 Å². The minimum absolute atomic E-state index is 0.0173. The molecule has 4 saturated carbocycles. The smallest absolute Gasteiger partial charge is 0.162 e. The molecule has 0 aromatic carbocycles. The third kappa shape index (κ3) is 5.54. The molecule has 2 heterocycles. The van der Waals surface area contributed by atoms with E-state index in [2.05, 4.69) is 26.1 Å². The number of hydrogen-bond acceptors (Lipinski definition) is 9. The third-order valence-electron chi connectivity index (χ3n) is 17.7. The van der Waals surface area contributed by atoms with Gasteiger partial charge in [-0.25, -0.2) is 0 Å². The number of allylic oxidation sites excluding steroid dienone is 1. The van der Waals surface area contributed by atoms with Crippen molar-refractivity contribution in [3.8, 4) is 0 Å². The van der Waals surface area contributed by atoms with Gasteiger partial charge in [-0.05, 0) is 161 Å². The van der Waals surface area contributed by atoms with E-state index in [1.807, 2.05) is 0 Å². The van der Waals surface area contributed by atoms with E-state index in [9.17, 15) is 30.3 Å². The maximum Gasteiger partial charge on any atom is 0.162 e. The topological polar surface area (TPSA) is 165 Å². The Kier molecular flexibility index (Phi) is 9.96. The van der Waals surface area contributed by atoms with Gasteiger partial charge in [-0.3, -0.25) is 4.79 Å². The molecule has 8 N–H and O–H groups in total. The SMILES string of the molecule is CCC[C@H]1CC[C@@H]2[C@H](C)[C@H]([C@@H](O)[C@](C)(O)[C@@H]3C[C@@H]4CCC5=C6[C@H](CC[C@@]3(C)[C@]64O)[C@]3(CCC4CCC(N)NC4)C[C@H](O)[C@H](O)C[C@H]3C5=O)O[C@@H]2CC1. The molecule has 8 aliphatic rings. The van der Waals surface area contributed by atoms with Gasteiger partial charge in [-0.2, -0.15) is 0 Å². The summed E-state index contributed by atoms with van der Waals surface area (Å²) in [5.41, 5.74) is 3.74. The number of aliphatic hydroxyl groups is 5. The number of ether oxygens (including phenoxy) is 1. The molecule has 6 fully saturated rings. The minimum atomic E-state index is -1.50. The molecule has 6 aliphatic carbocycles. The number of carbonyl (C=O) groups is 1. The van der Waals surface area contributed by atoms with Crippen molar-refractivity contribution < 1.29 is 35.1 Å². The number of ketones is 1. The summed E-state index contributed by atoms with van der Waals surface area (Å²) in [4.78, 5) is 14.8. The van der Waals surface area contributed by atoms with Gasteiger partial charge in [-0.15, -0.1) is 0 Å². The zero-order valence-electron chi connectivity index (χ0n) is 32.4. The van der Waals surface area contributed by atoms with E-state index in [0.717, 1.165) is 75.0 Å². The zero-order valence-corrected chi connectivity index (χ0v) is 32.4. The molecule has 0 aromatic rings. The average molecular weight is 727 g/mol. The van der Waals surface area contributed by atoms with Crippen molar-refractivity contribution in [3.63, 3.8) is 0 Å². The zero-order chi connectivity index (χ0) is 37.0. The molecular weight excluding hydrogens is 656 g/mol. The Balaban J connectivity index is 1.09. The summed E-state index contributed by atoms with van der Waals surface area (Å²) in [6.45, 7) is 9.23. The molecule has 9 heteroatoms. The second-order valence-electron chi connectivity index (χ2n) is 20.1. The number of rotatable bonds is 8. The average Bonchev–Trinajstić information content (AvgIpc) is 3.45. The minimum Gasteiger partial charge on any atom is -0.390 e. The summed E-state index contributed by atoms with van der Waals surface area (Å²) in [7, 11) is 0. The summed E-state index contributed by atoms with van der Waals surface area (Å²) in [6, 6.07) is 0. The van der Waals surface area contributed by atoms with Gasteiger partial charge in [0.25, 0.3) is 0 Å². The second-order valence-corrected chi connectivity index (χ2v) is 20.1. The largest absolute Gasteiger partial charge is 0.390 e. The maximum absolute atomic E-state index is 14.8. The van der Waals surface area contributed by atoms with Crippen LogP contribution in [0.15, 0.2) is 11.1 Å². The van der Waals surface area contributed by atoms with Crippen LogP contribution in [0.3, 0.4) is 0 Å². The Morgan fingerprint density at radius 1 is 1.00 bits per heavy atom. The number of nitrogens with two attached hydrogens (primary N) is 1. The molecule has 8 rings (SSSR count). The van der Waals surface area contributed by atoms with Crippen molar-refractivity contribution in [2.45, 2.75) is 185 Å². The van der Waals surface area contributed by atoms with E-state index in [1.165, 1.54) is 19.3 Å². The molecule has 294 valence electrons. The van der Waals surface area contributed by atoms with Gasteiger partial charge in [0.1, 0.15) is 6.10 Å². The molecule has 0 radical (unpaired) electrons. The first-order valence-corrected chi connectivity index (χ1v) is 21.6. The Hall–Kier alpha value is -0.910. The van der Waals surface area contributed by atoms with Gasteiger partial charge < -0.3 is 41.3 Å². The fourth-order valence-electron chi connectivity index (χ4n) is 14.8. The molecule has 0 aromatic heterocycles. The molecule has 2 saturated heterocycles. The quantitative estimate of drug-likeness (QED) is 0.187. The van der Waals surface area contributed by atoms with Crippen LogP contribution in [0.5, 0.6) is 0 Å². The van der Waals surface area contributed by atoms with Crippen LogP contribution in [0.1, 0.15) is 137 Å². The van der Waals surface area contributed by atoms with Crippen LogP contribution in [-0.2, 0) is 9.53 Å². The first-order valence-electron chi connectivity index (χ1n) is 21.6. The number of Topliss-reactive ketones (excluding diaryl/α,β-unsaturated/α-hetero) is 1. The van der Waals surface area contributed by atoms with Crippen molar-refractivity contribution in [2.75, 3.05) is 6.54 Å². The summed E-state index contributed by atoms with van der Waals surface area (Å²) in [5.74, 6) is 0.819. The monoisotopic (exact) mass is 727 g/mol. The molecule has 9 nitrogen and oxygen atoms in total. The number of nitrogens with one attached hydrogen (secondary N) is 1. The highest BCUT2D eigenvalue weighted by Gasteiger charge is 2.75. The molecule has 52 heavy (non-hydrogen) atoms. The molecule has 0 spiro atoms. The molecule has 2 aliphatic heterocycles. The summed E-state index contributed by atoms with van der Waals surface area (Å²) >= 11 is 0. The first-order chi connectivity index (χ1) is 24.7. The van der Waals surface area contributed by atoms with Crippen LogP contribution in [0.25, 0.3) is 0 Å². The van der Waals surface area contributed by atoms with Gasteiger partial charge in [0.15, 0.2) is 5.78 Å². The van der Waals surface area contributed by atoms with Crippen LogP contribution in [-0.4, -0.2) is 85.7 Å². The van der Waals surface area contributed by atoms with E-state index < -0.39 is 46.4 Å². The molecular formula is C43H70N2O7. The number of piperidine rings is 1. The Labute approximate surface area is 311 Å². The van der Waals surface area contributed by atoms with Gasteiger partial charge in [0, 0.05) is 11.3 Å². The number of carbonyl (C=O) groups excluding carboxylic acids is 1. The van der Waals surface area contributed by atoms with Gasteiger partial charge >= 0.3 is 0 Å². The highest BCUT2D eigenvalue weighted by molar-refractivity contribution is 6.00. The van der Waals surface area contributed by atoms with Crippen molar-refractivity contribution >= 4 is 5.78 Å². The molecule has 2 unspecified atom stereocenters. The lowest BCUT2D eigenvalue weighted by Gasteiger charge is -2.64. The predicted octanol–water partition coefficient (Wildman–Crippen LogP) is 4.75. The highest BCUT2D eigenvalue weighted by atomic mass is 16.5. The van der Waals surface area contributed by atoms with Crippen molar-refractivity contribution in [3.05, 3.63) is 11.1 Å². The van der Waals surface area contributed by atoms with E-state index in [-0.39, 0.29) is 54.1 Å². The Bertz CT molecular complexity index is 1390. The van der Waals surface area contributed by atoms with Crippen LogP contribution < -0.4 is 11.1 Å². The number of aliphatic hydroxyl groups excluding tert-OH is 3. The lowest BCUT2D eigenvalue weighted by Crippen LogP contribution is -2.66. The standard InChI is InChI=1S/C43H70N2O7/c1-5-6-24-7-11-27-23(2)38(52-33(27)13-8-24)39(49)41(4,50)34-19-26-10-12-28-36-29(16-17-40(34,3)43(26,36)51)42(18-15-25-9-14-35(44)45-22-25)21-32(47)31(46)20-30(42)37(28)48/h23-27,29-35,38-39,45-47,49-51H,5-22,44H2,1-4H3/t23-,24-,25?,26-,27+,29-,30-,31+,32-,33+,34+,35?,38+,39+,40+,41+,42-,43+/m0/s1. The van der Waals surface area contributed by atoms with Gasteiger partial charge in [0.05, 0.1) is 41.8 Å². The van der Waals surface area contributed by atoms with E-state index in [0.29, 0.717) is 43.9 Å². The van der Waals surface area contributed by atoms with Crippen molar-refractivity contribution in [2.24, 2.45) is 63.9 Å². The fourth-order valence-corrected chi connectivity index (χ4v) is 14.8. The molecule has 0 bridgehead atoms. The van der Waals surface area contributed by atoms with Crippen LogP contribution in [0.2, 0.25) is 0 Å². The van der Waals surface area contributed by atoms with Crippen molar-refractivity contribution in [1.82, 2.24) is 5.32 Å². The Morgan fingerprint density at radius 3 is 2.48 bits per heavy atom. The second kappa shape index (κ2) is 13.6. The maximum atomic E-state index is 14.8. The normalized spacial score (nSPS) is 52.0. The number of hydrogen-bond donors (Lipinski definition) is 7. The van der Waals surface area contributed by atoms with Gasteiger partial charge in [0.2, 0.25) is 0 Å². The summed E-state index contributed by atoms with van der Waals surface area (Å²) in [6.07, 6.45) is 11.3. The van der Waals surface area contributed by atoms with E-state index in [4.69, 9.17) is 10.5 Å². The lowest BCUT2D eigenvalue weighted by molar-refractivity contribution is -0.203. The van der Waals surface area contributed by atoms with E-state index >= 15 is 0 Å². The van der Waals surface area contributed by atoms with E-state index in [1.54, 1.807) is 6.92 Å². The number of fused-ring (bicyclic) bond motifs is 3. The first kappa shape index (κ1) is 38.0. The fraction of sp³-hybridized carbons (Fsp3) is 0.930. The van der Waals surface area contributed by atoms with Crippen molar-refractivity contribution in [1.29, 1.82) is 0 Å². The Morgan fingerprint density at radius 2 is 1.75 bits per heavy atom. The van der Waals surface area contributed by atoms with Crippen LogP contribution in [0.4, 0.5) is 0 Å².